The quantitative estimate of drug-likeness (QED) is 0.796. The number of aromatic nitrogens is 4. The van der Waals surface area contributed by atoms with Gasteiger partial charge in [0.1, 0.15) is 6.33 Å². The Morgan fingerprint density at radius 1 is 1.24 bits per heavy atom. The smallest absolute Gasteiger partial charge is 0.252 e. The van der Waals surface area contributed by atoms with Gasteiger partial charge in [-0.2, -0.15) is 0 Å². The lowest BCUT2D eigenvalue weighted by Crippen LogP contribution is -2.19. The van der Waals surface area contributed by atoms with Crippen LogP contribution in [0.1, 0.15) is 18.8 Å². The van der Waals surface area contributed by atoms with Gasteiger partial charge in [-0.15, -0.1) is 10.2 Å². The maximum atomic E-state index is 12.1. The number of nitrogens with zero attached hydrogens (tertiary/aromatic N) is 4. The van der Waals surface area contributed by atoms with Crippen molar-refractivity contribution in [3.05, 3.63) is 52.8 Å². The van der Waals surface area contributed by atoms with E-state index in [-0.39, 0.29) is 11.6 Å². The zero-order chi connectivity index (χ0) is 15.0. The van der Waals surface area contributed by atoms with E-state index in [9.17, 15) is 4.79 Å². The normalized spacial score (nSPS) is 12.5. The minimum absolute atomic E-state index is 0.0404. The van der Waals surface area contributed by atoms with Crippen LogP contribution in [0.3, 0.4) is 0 Å². The average molecular weight is 283 g/mol. The lowest BCUT2D eigenvalue weighted by Gasteiger charge is -2.17. The van der Waals surface area contributed by atoms with Crippen LogP contribution in [-0.4, -0.2) is 19.3 Å². The average Bonchev–Trinajstić information content (AvgIpc) is 2.91. The number of hydrogen-bond donors (Lipinski definition) is 1. The lowest BCUT2D eigenvalue weighted by atomic mass is 10.1. The molecule has 1 aromatic carbocycles. The largest absolute Gasteiger partial charge is 0.375 e. The fourth-order valence-corrected chi connectivity index (χ4v) is 2.51. The Labute approximate surface area is 122 Å². The van der Waals surface area contributed by atoms with Gasteiger partial charge in [-0.25, -0.2) is 0 Å². The van der Waals surface area contributed by atoms with Crippen LogP contribution in [0.25, 0.3) is 10.9 Å². The van der Waals surface area contributed by atoms with E-state index in [2.05, 4.69) is 15.5 Å². The molecule has 0 spiro atoms. The van der Waals surface area contributed by atoms with Gasteiger partial charge in [0.25, 0.3) is 5.56 Å². The summed E-state index contributed by atoms with van der Waals surface area (Å²) in [7, 11) is 3.68. The fraction of sp³-hybridized carbons (Fsp3) is 0.267. The van der Waals surface area contributed by atoms with Crippen LogP contribution in [-0.2, 0) is 14.1 Å². The molecule has 0 aliphatic heterocycles. The molecule has 0 bridgehead atoms. The Morgan fingerprint density at radius 2 is 2.00 bits per heavy atom. The maximum absolute atomic E-state index is 12.1. The van der Waals surface area contributed by atoms with Crippen molar-refractivity contribution in [3.8, 4) is 0 Å². The summed E-state index contributed by atoms with van der Waals surface area (Å²) in [6, 6.07) is 9.40. The summed E-state index contributed by atoms with van der Waals surface area (Å²) < 4.78 is 3.51. The van der Waals surface area contributed by atoms with Gasteiger partial charge in [0.05, 0.1) is 11.6 Å². The summed E-state index contributed by atoms with van der Waals surface area (Å²) >= 11 is 0. The van der Waals surface area contributed by atoms with E-state index in [4.69, 9.17) is 0 Å². The van der Waals surface area contributed by atoms with Crippen molar-refractivity contribution < 1.29 is 0 Å². The van der Waals surface area contributed by atoms with Gasteiger partial charge in [0.15, 0.2) is 5.82 Å². The van der Waals surface area contributed by atoms with Gasteiger partial charge in [0.2, 0.25) is 0 Å². The van der Waals surface area contributed by atoms with E-state index in [1.54, 1.807) is 24.0 Å². The molecular weight excluding hydrogens is 266 g/mol. The SMILES string of the molecule is CC(Nc1cc(=O)n(C)c2ccccc12)c1nncn1C. The van der Waals surface area contributed by atoms with Gasteiger partial charge < -0.3 is 14.5 Å². The molecule has 0 saturated heterocycles. The molecule has 0 radical (unpaired) electrons. The van der Waals surface area contributed by atoms with Gasteiger partial charge in [-0.05, 0) is 13.0 Å². The predicted octanol–water partition coefficient (Wildman–Crippen LogP) is 1.84. The molecule has 21 heavy (non-hydrogen) atoms. The van der Waals surface area contributed by atoms with Crippen LogP contribution in [0.15, 0.2) is 41.5 Å². The van der Waals surface area contributed by atoms with Crippen molar-refractivity contribution in [1.82, 2.24) is 19.3 Å². The zero-order valence-corrected chi connectivity index (χ0v) is 12.2. The molecule has 2 heterocycles. The molecule has 0 fully saturated rings. The summed E-state index contributed by atoms with van der Waals surface area (Å²) in [5.74, 6) is 0.819. The number of benzene rings is 1. The summed E-state index contributed by atoms with van der Waals surface area (Å²) in [6.45, 7) is 2.00. The highest BCUT2D eigenvalue weighted by Crippen LogP contribution is 2.24. The molecular formula is C15H17N5O. The highest BCUT2D eigenvalue weighted by Gasteiger charge is 2.13. The minimum atomic E-state index is -0.0481. The topological polar surface area (TPSA) is 64.7 Å². The molecule has 1 atom stereocenters. The third kappa shape index (κ3) is 2.29. The molecule has 2 aromatic heterocycles. The lowest BCUT2D eigenvalue weighted by molar-refractivity contribution is 0.719. The van der Waals surface area contributed by atoms with Crippen molar-refractivity contribution in [3.63, 3.8) is 0 Å². The Balaban J connectivity index is 2.07. The number of hydrogen-bond acceptors (Lipinski definition) is 4. The second kappa shape index (κ2) is 5.05. The Kier molecular flexibility index (Phi) is 3.21. The summed E-state index contributed by atoms with van der Waals surface area (Å²) in [4.78, 5) is 12.1. The molecule has 0 aliphatic rings. The molecule has 108 valence electrons. The van der Waals surface area contributed by atoms with Crippen LogP contribution in [0, 0.1) is 0 Å². The van der Waals surface area contributed by atoms with E-state index in [1.165, 1.54) is 0 Å². The van der Waals surface area contributed by atoms with Gasteiger partial charge in [-0.3, -0.25) is 4.79 Å². The highest BCUT2D eigenvalue weighted by atomic mass is 16.1. The first-order chi connectivity index (χ1) is 10.1. The van der Waals surface area contributed by atoms with E-state index in [0.29, 0.717) is 0 Å². The Hall–Kier alpha value is -2.63. The number of aryl methyl sites for hydroxylation is 2. The molecule has 6 heteroatoms. The second-order valence-electron chi connectivity index (χ2n) is 5.14. The van der Waals surface area contributed by atoms with Gasteiger partial charge in [-0.1, -0.05) is 18.2 Å². The van der Waals surface area contributed by atoms with Crippen molar-refractivity contribution in [2.75, 3.05) is 5.32 Å². The molecule has 6 nitrogen and oxygen atoms in total. The zero-order valence-electron chi connectivity index (χ0n) is 12.2. The third-order valence-electron chi connectivity index (χ3n) is 3.66. The molecule has 0 saturated carbocycles. The van der Waals surface area contributed by atoms with E-state index < -0.39 is 0 Å². The first kappa shape index (κ1) is 13.4. The molecule has 1 unspecified atom stereocenters. The first-order valence-electron chi connectivity index (χ1n) is 6.77. The summed E-state index contributed by atoms with van der Waals surface area (Å²) in [6.07, 6.45) is 1.66. The van der Waals surface area contributed by atoms with Crippen LogP contribution in [0.2, 0.25) is 0 Å². The number of fused-ring (bicyclic) bond motifs is 1. The number of para-hydroxylation sites is 1. The summed E-state index contributed by atoms with van der Waals surface area (Å²) in [5, 5.41) is 12.4. The molecule has 0 aliphatic carbocycles. The minimum Gasteiger partial charge on any atom is -0.375 e. The standard InChI is InChI=1S/C15H17N5O/c1-10(15-18-16-9-19(15)2)17-12-8-14(21)20(3)13-7-5-4-6-11(12)13/h4-10,17H,1-3H3. The second-order valence-corrected chi connectivity index (χ2v) is 5.14. The monoisotopic (exact) mass is 283 g/mol. The number of rotatable bonds is 3. The van der Waals surface area contributed by atoms with Crippen LogP contribution >= 0.6 is 0 Å². The third-order valence-corrected chi connectivity index (χ3v) is 3.66. The van der Waals surface area contributed by atoms with Crippen molar-refractivity contribution in [1.29, 1.82) is 0 Å². The fourth-order valence-electron chi connectivity index (χ4n) is 2.51. The van der Waals surface area contributed by atoms with Crippen LogP contribution < -0.4 is 10.9 Å². The predicted molar refractivity (Wildman–Crippen MR) is 82.2 cm³/mol. The maximum Gasteiger partial charge on any atom is 0.252 e. The van der Waals surface area contributed by atoms with Crippen LogP contribution in [0.4, 0.5) is 5.69 Å². The number of nitrogens with one attached hydrogen (secondary N) is 1. The number of pyridine rings is 1. The van der Waals surface area contributed by atoms with Crippen LogP contribution in [0.5, 0.6) is 0 Å². The molecule has 3 rings (SSSR count). The Bertz CT molecular complexity index is 849. The van der Waals surface area contributed by atoms with E-state index >= 15 is 0 Å². The highest BCUT2D eigenvalue weighted by molar-refractivity contribution is 5.91. The van der Waals surface area contributed by atoms with E-state index in [0.717, 1.165) is 22.4 Å². The summed E-state index contributed by atoms with van der Waals surface area (Å²) in [5.41, 5.74) is 1.67. The van der Waals surface area contributed by atoms with Crippen molar-refractivity contribution in [2.24, 2.45) is 14.1 Å². The van der Waals surface area contributed by atoms with E-state index in [1.807, 2.05) is 42.8 Å². The van der Waals surface area contributed by atoms with Crippen molar-refractivity contribution in [2.45, 2.75) is 13.0 Å². The van der Waals surface area contributed by atoms with Gasteiger partial charge >= 0.3 is 0 Å². The van der Waals surface area contributed by atoms with Gasteiger partial charge in [0, 0.05) is 31.2 Å². The molecule has 1 N–H and O–H groups in total. The molecule has 3 aromatic rings. The Morgan fingerprint density at radius 3 is 2.71 bits per heavy atom. The molecule has 0 amide bonds. The van der Waals surface area contributed by atoms with Crippen molar-refractivity contribution >= 4 is 16.6 Å². The number of anilines is 1. The first-order valence-corrected chi connectivity index (χ1v) is 6.77.